The number of aliphatic carboxylic acids is 1. The topological polar surface area (TPSA) is 40.5 Å². The summed E-state index contributed by atoms with van der Waals surface area (Å²) >= 11 is 0. The highest BCUT2D eigenvalue weighted by Crippen LogP contribution is 2.29. The number of likely N-dealkylation sites (tertiary alicyclic amines) is 1. The van der Waals surface area contributed by atoms with Gasteiger partial charge in [0.25, 0.3) is 0 Å². The van der Waals surface area contributed by atoms with E-state index >= 15 is 0 Å². The summed E-state index contributed by atoms with van der Waals surface area (Å²) in [5.74, 6) is -0.930. The van der Waals surface area contributed by atoms with Gasteiger partial charge < -0.3 is 5.11 Å². The fraction of sp³-hybridized carbons (Fsp3) is 0.500. The quantitative estimate of drug-likeness (QED) is 0.897. The molecular formula is C14H18FNO2. The number of benzene rings is 1. The maximum Gasteiger partial charge on any atom is 0.321 e. The first-order valence-corrected chi connectivity index (χ1v) is 6.27. The van der Waals surface area contributed by atoms with E-state index in [-0.39, 0.29) is 12.5 Å². The number of alkyl halides is 1. The second-order valence-corrected chi connectivity index (χ2v) is 4.80. The monoisotopic (exact) mass is 251 g/mol. The molecule has 0 spiro atoms. The molecule has 0 unspecified atom stereocenters. The third-order valence-electron chi connectivity index (χ3n) is 3.64. The predicted octanol–water partition coefficient (Wildman–Crippen LogP) is 2.63. The molecule has 1 aromatic carbocycles. The molecule has 0 saturated carbocycles. The average Bonchev–Trinajstić information content (AvgIpc) is 2.39. The minimum Gasteiger partial charge on any atom is -0.480 e. The van der Waals surface area contributed by atoms with Crippen LogP contribution < -0.4 is 0 Å². The van der Waals surface area contributed by atoms with Gasteiger partial charge in [-0.1, -0.05) is 30.3 Å². The normalized spacial score (nSPS) is 26.8. The third kappa shape index (κ3) is 2.70. The van der Waals surface area contributed by atoms with Gasteiger partial charge in [0, 0.05) is 19.0 Å². The van der Waals surface area contributed by atoms with Gasteiger partial charge in [-0.2, -0.15) is 0 Å². The standard InChI is InChI=1S/C14H18FNO2/c1-10(11-5-3-2-4-6-11)16-8-7-12(15)9-13(16)14(17)18/h2-6,10,12-13H,7-9H2,1H3,(H,17,18)/t10-,12-,13-/m1/s1. The molecular weight excluding hydrogens is 233 g/mol. The molecule has 0 aromatic heterocycles. The van der Waals surface area contributed by atoms with E-state index in [0.717, 1.165) is 5.56 Å². The highest BCUT2D eigenvalue weighted by molar-refractivity contribution is 5.73. The van der Waals surface area contributed by atoms with Crippen molar-refractivity contribution in [2.75, 3.05) is 6.54 Å². The Hall–Kier alpha value is -1.42. The first kappa shape index (κ1) is 13.0. The molecule has 2 rings (SSSR count). The van der Waals surface area contributed by atoms with E-state index in [1.807, 2.05) is 42.2 Å². The van der Waals surface area contributed by atoms with E-state index in [1.165, 1.54) is 0 Å². The van der Waals surface area contributed by atoms with Gasteiger partial charge in [0.15, 0.2) is 0 Å². The van der Waals surface area contributed by atoms with Gasteiger partial charge >= 0.3 is 5.97 Å². The summed E-state index contributed by atoms with van der Waals surface area (Å²) in [6.45, 7) is 2.47. The van der Waals surface area contributed by atoms with Crippen LogP contribution in [0.3, 0.4) is 0 Å². The molecule has 98 valence electrons. The molecule has 3 atom stereocenters. The van der Waals surface area contributed by atoms with Crippen molar-refractivity contribution in [1.29, 1.82) is 0 Å². The number of carboxylic acid groups (broad SMARTS) is 1. The number of hydrogen-bond acceptors (Lipinski definition) is 2. The molecule has 1 heterocycles. The van der Waals surface area contributed by atoms with Crippen LogP contribution in [0.1, 0.15) is 31.4 Å². The van der Waals surface area contributed by atoms with Crippen molar-refractivity contribution in [3.8, 4) is 0 Å². The van der Waals surface area contributed by atoms with Crippen LogP contribution >= 0.6 is 0 Å². The largest absolute Gasteiger partial charge is 0.480 e. The zero-order valence-electron chi connectivity index (χ0n) is 10.4. The van der Waals surface area contributed by atoms with Crippen molar-refractivity contribution in [2.45, 2.75) is 38.0 Å². The van der Waals surface area contributed by atoms with Crippen LogP contribution in [0.2, 0.25) is 0 Å². The van der Waals surface area contributed by atoms with Crippen LogP contribution in [-0.4, -0.2) is 34.7 Å². The highest BCUT2D eigenvalue weighted by atomic mass is 19.1. The Kier molecular flexibility index (Phi) is 3.97. The number of hydrogen-bond donors (Lipinski definition) is 1. The molecule has 1 aliphatic rings. The van der Waals surface area contributed by atoms with Crippen LogP contribution in [-0.2, 0) is 4.79 Å². The lowest BCUT2D eigenvalue weighted by Crippen LogP contribution is -2.48. The molecule has 0 bridgehead atoms. The Bertz CT molecular complexity index is 410. The Morgan fingerprint density at radius 3 is 2.72 bits per heavy atom. The molecule has 4 heteroatoms. The van der Waals surface area contributed by atoms with E-state index in [0.29, 0.717) is 13.0 Å². The van der Waals surface area contributed by atoms with Crippen molar-refractivity contribution in [3.63, 3.8) is 0 Å². The average molecular weight is 251 g/mol. The summed E-state index contributed by atoms with van der Waals surface area (Å²) in [4.78, 5) is 13.1. The summed E-state index contributed by atoms with van der Waals surface area (Å²) in [7, 11) is 0. The van der Waals surface area contributed by atoms with Crippen molar-refractivity contribution in [3.05, 3.63) is 35.9 Å². The summed E-state index contributed by atoms with van der Waals surface area (Å²) in [6, 6.07) is 9.03. The number of halogens is 1. The lowest BCUT2D eigenvalue weighted by molar-refractivity contribution is -0.147. The second kappa shape index (κ2) is 5.48. The van der Waals surface area contributed by atoms with Crippen LogP contribution in [0.25, 0.3) is 0 Å². The van der Waals surface area contributed by atoms with Crippen LogP contribution in [0.15, 0.2) is 30.3 Å². The lowest BCUT2D eigenvalue weighted by atomic mass is 9.96. The molecule has 0 aliphatic carbocycles. The summed E-state index contributed by atoms with van der Waals surface area (Å²) in [5.41, 5.74) is 1.07. The van der Waals surface area contributed by atoms with Crippen molar-refractivity contribution in [2.24, 2.45) is 0 Å². The third-order valence-corrected chi connectivity index (χ3v) is 3.64. The smallest absolute Gasteiger partial charge is 0.321 e. The number of nitrogens with zero attached hydrogens (tertiary/aromatic N) is 1. The van der Waals surface area contributed by atoms with E-state index in [4.69, 9.17) is 0 Å². The van der Waals surface area contributed by atoms with Gasteiger partial charge in [0.1, 0.15) is 12.2 Å². The number of carbonyl (C=O) groups is 1. The second-order valence-electron chi connectivity index (χ2n) is 4.80. The van der Waals surface area contributed by atoms with Crippen LogP contribution in [0.4, 0.5) is 4.39 Å². The zero-order valence-corrected chi connectivity index (χ0v) is 10.4. The summed E-state index contributed by atoms with van der Waals surface area (Å²) in [6.07, 6.45) is -0.488. The fourth-order valence-corrected chi connectivity index (χ4v) is 2.57. The molecule has 1 aromatic rings. The van der Waals surface area contributed by atoms with E-state index in [2.05, 4.69) is 0 Å². The Balaban J connectivity index is 2.17. The predicted molar refractivity (Wildman–Crippen MR) is 67.1 cm³/mol. The highest BCUT2D eigenvalue weighted by Gasteiger charge is 2.36. The molecule has 1 fully saturated rings. The minimum absolute atomic E-state index is 0.000185. The Labute approximate surface area is 106 Å². The number of carboxylic acids is 1. The van der Waals surface area contributed by atoms with Crippen LogP contribution in [0.5, 0.6) is 0 Å². The summed E-state index contributed by atoms with van der Waals surface area (Å²) < 4.78 is 13.3. The molecule has 1 N–H and O–H groups in total. The van der Waals surface area contributed by atoms with Gasteiger partial charge in [0.2, 0.25) is 0 Å². The molecule has 3 nitrogen and oxygen atoms in total. The van der Waals surface area contributed by atoms with E-state index < -0.39 is 18.2 Å². The maximum absolute atomic E-state index is 13.3. The van der Waals surface area contributed by atoms with Crippen molar-refractivity contribution < 1.29 is 14.3 Å². The molecule has 18 heavy (non-hydrogen) atoms. The molecule has 1 saturated heterocycles. The molecule has 0 amide bonds. The summed E-state index contributed by atoms with van der Waals surface area (Å²) in [5, 5.41) is 9.21. The van der Waals surface area contributed by atoms with E-state index in [1.54, 1.807) is 0 Å². The SMILES string of the molecule is C[C@H](c1ccccc1)N1CC[C@@H](F)C[C@@H]1C(=O)O. The maximum atomic E-state index is 13.3. The van der Waals surface area contributed by atoms with Gasteiger partial charge in [-0.05, 0) is 18.9 Å². The Morgan fingerprint density at radius 1 is 1.44 bits per heavy atom. The van der Waals surface area contributed by atoms with Gasteiger partial charge in [0.05, 0.1) is 0 Å². The lowest BCUT2D eigenvalue weighted by Gasteiger charge is -2.38. The number of piperidine rings is 1. The zero-order chi connectivity index (χ0) is 13.1. The minimum atomic E-state index is -0.995. The molecule has 0 radical (unpaired) electrons. The van der Waals surface area contributed by atoms with E-state index in [9.17, 15) is 14.3 Å². The Morgan fingerprint density at radius 2 is 2.11 bits per heavy atom. The van der Waals surface area contributed by atoms with Gasteiger partial charge in [-0.25, -0.2) is 4.39 Å². The molecule has 1 aliphatic heterocycles. The first-order valence-electron chi connectivity index (χ1n) is 6.27. The first-order chi connectivity index (χ1) is 8.59. The van der Waals surface area contributed by atoms with Crippen molar-refractivity contribution >= 4 is 5.97 Å². The van der Waals surface area contributed by atoms with Gasteiger partial charge in [-0.3, -0.25) is 9.69 Å². The fourth-order valence-electron chi connectivity index (χ4n) is 2.57. The number of rotatable bonds is 3. The van der Waals surface area contributed by atoms with Crippen molar-refractivity contribution in [1.82, 2.24) is 4.90 Å². The van der Waals surface area contributed by atoms with Gasteiger partial charge in [-0.15, -0.1) is 0 Å². The van der Waals surface area contributed by atoms with Crippen LogP contribution in [0, 0.1) is 0 Å².